The first-order chi connectivity index (χ1) is 4.86. The number of rotatable bonds is 0. The van der Waals surface area contributed by atoms with E-state index in [0.29, 0.717) is 13.2 Å². The number of ether oxygens (including phenoxy) is 1. The summed E-state index contributed by atoms with van der Waals surface area (Å²) in [6.45, 7) is 0.925. The van der Waals surface area contributed by atoms with Crippen molar-refractivity contribution < 1.29 is 9.84 Å². The minimum atomic E-state index is -0.410. The van der Waals surface area contributed by atoms with Crippen molar-refractivity contribution in [1.29, 1.82) is 0 Å². The summed E-state index contributed by atoms with van der Waals surface area (Å²) >= 11 is 0. The van der Waals surface area contributed by atoms with Gasteiger partial charge in [0.25, 0.3) is 0 Å². The molecule has 0 bridgehead atoms. The molecule has 0 unspecified atom stereocenters. The number of aliphatic hydroxyl groups is 1. The summed E-state index contributed by atoms with van der Waals surface area (Å²) in [6, 6.07) is 1.78. The van der Waals surface area contributed by atoms with Crippen LogP contribution in [0.15, 0.2) is 12.3 Å². The highest BCUT2D eigenvalue weighted by atomic mass is 16.5. The Balaban J connectivity index is 2.30. The van der Waals surface area contributed by atoms with E-state index in [0.717, 1.165) is 5.88 Å². The summed E-state index contributed by atoms with van der Waals surface area (Å²) in [5.41, 5.74) is 0. The van der Waals surface area contributed by atoms with Crippen LogP contribution in [0, 0.1) is 0 Å². The van der Waals surface area contributed by atoms with Gasteiger partial charge in [0.2, 0.25) is 5.88 Å². The van der Waals surface area contributed by atoms with E-state index in [4.69, 9.17) is 9.84 Å². The third kappa shape index (κ3) is 0.769. The van der Waals surface area contributed by atoms with Gasteiger partial charge in [0.05, 0.1) is 12.7 Å². The number of aromatic nitrogens is 2. The zero-order valence-corrected chi connectivity index (χ0v) is 5.40. The Hall–Kier alpha value is -1.03. The first-order valence-corrected chi connectivity index (χ1v) is 3.19. The second-order valence-electron chi connectivity index (χ2n) is 2.32. The highest BCUT2D eigenvalue weighted by Gasteiger charge is 2.16. The van der Waals surface area contributed by atoms with E-state index in [1.165, 1.54) is 0 Å². The maximum Gasteiger partial charge on any atom is 0.211 e. The van der Waals surface area contributed by atoms with Gasteiger partial charge in [-0.25, -0.2) is 4.68 Å². The summed E-state index contributed by atoms with van der Waals surface area (Å²) in [5.74, 6) is 0.741. The Kier molecular flexibility index (Phi) is 1.14. The molecule has 2 rings (SSSR count). The van der Waals surface area contributed by atoms with Gasteiger partial charge < -0.3 is 9.84 Å². The van der Waals surface area contributed by atoms with Gasteiger partial charge in [-0.15, -0.1) is 0 Å². The molecule has 2 heterocycles. The van der Waals surface area contributed by atoms with Crippen LogP contribution in [0.2, 0.25) is 0 Å². The van der Waals surface area contributed by atoms with Crippen LogP contribution in [0.5, 0.6) is 5.88 Å². The van der Waals surface area contributed by atoms with Crippen molar-refractivity contribution >= 4 is 0 Å². The van der Waals surface area contributed by atoms with Crippen LogP contribution in [0.1, 0.15) is 0 Å². The van der Waals surface area contributed by atoms with Gasteiger partial charge in [0.15, 0.2) is 0 Å². The van der Waals surface area contributed by atoms with Gasteiger partial charge in [0, 0.05) is 6.07 Å². The van der Waals surface area contributed by atoms with Crippen molar-refractivity contribution in [3.63, 3.8) is 0 Å². The van der Waals surface area contributed by atoms with Crippen molar-refractivity contribution in [3.05, 3.63) is 12.3 Å². The lowest BCUT2D eigenvalue weighted by Crippen LogP contribution is -2.29. The molecule has 10 heavy (non-hydrogen) atoms. The topological polar surface area (TPSA) is 47.3 Å². The normalized spacial score (nSPS) is 23.5. The monoisotopic (exact) mass is 140 g/mol. The third-order valence-electron chi connectivity index (χ3n) is 1.48. The van der Waals surface area contributed by atoms with Gasteiger partial charge >= 0.3 is 0 Å². The lowest BCUT2D eigenvalue weighted by atomic mass is 10.3. The molecule has 0 spiro atoms. The maximum absolute atomic E-state index is 9.09. The molecule has 1 aliphatic heterocycles. The fourth-order valence-corrected chi connectivity index (χ4v) is 1.01. The van der Waals surface area contributed by atoms with E-state index in [1.54, 1.807) is 16.9 Å². The first-order valence-electron chi connectivity index (χ1n) is 3.19. The van der Waals surface area contributed by atoms with Crippen LogP contribution in [0.3, 0.4) is 0 Å². The van der Waals surface area contributed by atoms with E-state index in [2.05, 4.69) is 5.10 Å². The van der Waals surface area contributed by atoms with E-state index in [-0.39, 0.29) is 0 Å². The molecule has 1 aliphatic rings. The predicted molar refractivity (Wildman–Crippen MR) is 33.7 cm³/mol. The number of aliphatic hydroxyl groups excluding tert-OH is 1. The molecule has 0 saturated carbocycles. The highest BCUT2D eigenvalue weighted by Crippen LogP contribution is 2.14. The van der Waals surface area contributed by atoms with Crippen LogP contribution in [0.25, 0.3) is 0 Å². The summed E-state index contributed by atoms with van der Waals surface area (Å²) in [6.07, 6.45) is 1.25. The fourth-order valence-electron chi connectivity index (χ4n) is 1.01. The maximum atomic E-state index is 9.09. The SMILES string of the molecule is O[C@H]1COc2ccnn2C1. The summed E-state index contributed by atoms with van der Waals surface area (Å²) < 4.78 is 6.77. The standard InChI is InChI=1S/C6H8N2O2/c9-5-3-8-6(10-4-5)1-2-7-8/h1-2,5,9H,3-4H2/t5-/m1/s1. The molecule has 1 aromatic heterocycles. The van der Waals surface area contributed by atoms with Crippen molar-refractivity contribution in [2.45, 2.75) is 12.6 Å². The minimum absolute atomic E-state index is 0.381. The molecule has 0 fully saturated rings. The van der Waals surface area contributed by atoms with Crippen molar-refractivity contribution in [3.8, 4) is 5.88 Å². The molecule has 4 heteroatoms. The molecule has 1 N–H and O–H groups in total. The predicted octanol–water partition coefficient (Wildman–Crippen LogP) is -0.364. The number of hydrogen-bond donors (Lipinski definition) is 1. The molecule has 0 saturated heterocycles. The third-order valence-corrected chi connectivity index (χ3v) is 1.48. The zero-order chi connectivity index (χ0) is 6.97. The minimum Gasteiger partial charge on any atom is -0.475 e. The number of fused-ring (bicyclic) bond motifs is 1. The fraction of sp³-hybridized carbons (Fsp3) is 0.500. The largest absolute Gasteiger partial charge is 0.475 e. The summed E-state index contributed by atoms with van der Waals surface area (Å²) in [5, 5.41) is 13.0. The van der Waals surface area contributed by atoms with Gasteiger partial charge in [0.1, 0.15) is 12.7 Å². The molecule has 4 nitrogen and oxygen atoms in total. The Morgan fingerprint density at radius 1 is 1.80 bits per heavy atom. The van der Waals surface area contributed by atoms with Crippen molar-refractivity contribution in [2.24, 2.45) is 0 Å². The Morgan fingerprint density at radius 2 is 2.70 bits per heavy atom. The summed E-state index contributed by atoms with van der Waals surface area (Å²) in [7, 11) is 0. The van der Waals surface area contributed by atoms with Gasteiger partial charge in [-0.2, -0.15) is 5.10 Å². The molecule has 0 aromatic carbocycles. The quantitative estimate of drug-likeness (QED) is 0.535. The molecular weight excluding hydrogens is 132 g/mol. The number of nitrogens with zero attached hydrogens (tertiary/aromatic N) is 2. The smallest absolute Gasteiger partial charge is 0.211 e. The molecule has 0 radical (unpaired) electrons. The average molecular weight is 140 g/mol. The van der Waals surface area contributed by atoms with E-state index in [9.17, 15) is 0 Å². The van der Waals surface area contributed by atoms with E-state index in [1.807, 2.05) is 0 Å². The lowest BCUT2D eigenvalue weighted by Gasteiger charge is -2.19. The van der Waals surface area contributed by atoms with Crippen LogP contribution in [-0.4, -0.2) is 27.6 Å². The zero-order valence-electron chi connectivity index (χ0n) is 5.40. The summed E-state index contributed by atoms with van der Waals surface area (Å²) in [4.78, 5) is 0. The van der Waals surface area contributed by atoms with Crippen LogP contribution in [0.4, 0.5) is 0 Å². The van der Waals surface area contributed by atoms with Gasteiger partial charge in [-0.05, 0) is 0 Å². The highest BCUT2D eigenvalue weighted by molar-refractivity contribution is 5.09. The Labute approximate surface area is 58.0 Å². The molecular formula is C6H8N2O2. The van der Waals surface area contributed by atoms with Crippen molar-refractivity contribution in [1.82, 2.24) is 9.78 Å². The lowest BCUT2D eigenvalue weighted by molar-refractivity contribution is 0.0558. The van der Waals surface area contributed by atoms with Crippen LogP contribution >= 0.6 is 0 Å². The number of hydrogen-bond acceptors (Lipinski definition) is 3. The Morgan fingerprint density at radius 3 is 3.60 bits per heavy atom. The Bertz CT molecular complexity index is 233. The second kappa shape index (κ2) is 1.98. The van der Waals surface area contributed by atoms with E-state index >= 15 is 0 Å². The van der Waals surface area contributed by atoms with Crippen LogP contribution in [-0.2, 0) is 6.54 Å². The van der Waals surface area contributed by atoms with Gasteiger partial charge in [-0.1, -0.05) is 0 Å². The van der Waals surface area contributed by atoms with Gasteiger partial charge in [-0.3, -0.25) is 0 Å². The first kappa shape index (κ1) is 5.73. The molecule has 0 amide bonds. The molecule has 1 aromatic rings. The second-order valence-corrected chi connectivity index (χ2v) is 2.32. The molecule has 54 valence electrons. The molecule has 0 aliphatic carbocycles. The van der Waals surface area contributed by atoms with E-state index < -0.39 is 6.10 Å². The van der Waals surface area contributed by atoms with Crippen molar-refractivity contribution in [2.75, 3.05) is 6.61 Å². The van der Waals surface area contributed by atoms with Crippen LogP contribution < -0.4 is 4.74 Å². The average Bonchev–Trinajstić information content (AvgIpc) is 2.33. The molecule has 1 atom stereocenters.